The summed E-state index contributed by atoms with van der Waals surface area (Å²) in [7, 11) is -6.08. The zero-order chi connectivity index (χ0) is 20.4. The van der Waals surface area contributed by atoms with E-state index in [9.17, 15) is 16.8 Å². The Kier molecular flexibility index (Phi) is 6.09. The van der Waals surface area contributed by atoms with E-state index in [1.165, 1.54) is 28.6 Å². The van der Waals surface area contributed by atoms with Gasteiger partial charge in [-0.3, -0.25) is 0 Å². The highest BCUT2D eigenvalue weighted by molar-refractivity contribution is 7.89. The molecule has 0 amide bonds. The Bertz CT molecular complexity index is 1020. The first-order chi connectivity index (χ1) is 13.2. The van der Waals surface area contributed by atoms with Gasteiger partial charge in [-0.25, -0.2) is 22.0 Å². The second kappa shape index (κ2) is 8.20. The molecule has 0 spiro atoms. The van der Waals surface area contributed by atoms with Gasteiger partial charge in [-0.1, -0.05) is 25.0 Å². The number of hydrogen-bond acceptors (Lipinski definition) is 5. The van der Waals surface area contributed by atoms with Crippen LogP contribution in [0.4, 0.5) is 0 Å². The summed E-state index contributed by atoms with van der Waals surface area (Å²) in [5.74, 6) is 0.713. The molecule has 0 saturated carbocycles. The van der Waals surface area contributed by atoms with Gasteiger partial charge in [-0.15, -0.1) is 0 Å². The van der Waals surface area contributed by atoms with Crippen LogP contribution >= 0.6 is 0 Å². The molecular formula is C19H24N2O5S2. The quantitative estimate of drug-likeness (QED) is 0.794. The minimum atomic E-state index is -3.88. The van der Waals surface area contributed by atoms with Crippen molar-refractivity contribution in [3.8, 4) is 5.75 Å². The van der Waals surface area contributed by atoms with Crippen molar-refractivity contribution in [2.75, 3.05) is 13.7 Å². The molecule has 1 aliphatic heterocycles. The van der Waals surface area contributed by atoms with Crippen LogP contribution in [0.3, 0.4) is 0 Å². The maximum Gasteiger partial charge on any atom is 0.243 e. The number of hydrogen-bond donors (Lipinski definition) is 1. The van der Waals surface area contributed by atoms with Crippen molar-refractivity contribution in [2.45, 2.75) is 41.5 Å². The number of sulfonamides is 2. The number of nitrogens with two attached hydrogens (primary N) is 1. The largest absolute Gasteiger partial charge is 0.497 e. The van der Waals surface area contributed by atoms with Gasteiger partial charge < -0.3 is 4.74 Å². The molecule has 1 atom stereocenters. The fourth-order valence-electron chi connectivity index (χ4n) is 3.47. The normalized spacial score (nSPS) is 19.1. The molecular weight excluding hydrogens is 400 g/mol. The van der Waals surface area contributed by atoms with Crippen LogP contribution in [0.2, 0.25) is 0 Å². The monoisotopic (exact) mass is 424 g/mol. The van der Waals surface area contributed by atoms with E-state index in [1.54, 1.807) is 7.11 Å². The zero-order valence-electron chi connectivity index (χ0n) is 15.6. The van der Waals surface area contributed by atoms with Crippen molar-refractivity contribution >= 4 is 20.0 Å². The van der Waals surface area contributed by atoms with Gasteiger partial charge in [0.05, 0.1) is 22.9 Å². The Morgan fingerprint density at radius 1 is 0.893 bits per heavy atom. The summed E-state index contributed by atoms with van der Waals surface area (Å²) in [5, 5.41) is 5.10. The van der Waals surface area contributed by atoms with Crippen molar-refractivity contribution < 1.29 is 21.6 Å². The van der Waals surface area contributed by atoms with Gasteiger partial charge >= 0.3 is 0 Å². The van der Waals surface area contributed by atoms with E-state index < -0.39 is 20.0 Å². The first-order valence-electron chi connectivity index (χ1n) is 9.02. The Hall–Kier alpha value is -1.94. The Balaban J connectivity index is 1.98. The van der Waals surface area contributed by atoms with Crippen LogP contribution in [-0.2, 0) is 20.0 Å². The van der Waals surface area contributed by atoms with Gasteiger partial charge in [-0.05, 0) is 54.8 Å². The number of rotatable bonds is 5. The van der Waals surface area contributed by atoms with Crippen molar-refractivity contribution in [3.63, 3.8) is 0 Å². The molecule has 2 aromatic rings. The molecule has 3 rings (SSSR count). The molecule has 1 aliphatic rings. The van der Waals surface area contributed by atoms with Crippen LogP contribution in [0, 0.1) is 0 Å². The SMILES string of the molecule is COc1ccc(C2CCCCCN2S(=O)(=O)c2ccc(S(N)(=O)=O)cc2)cc1. The molecule has 9 heteroatoms. The number of nitrogens with zero attached hydrogens (tertiary/aromatic N) is 1. The molecule has 1 fully saturated rings. The first kappa shape index (κ1) is 20.8. The third kappa shape index (κ3) is 4.38. The molecule has 2 N–H and O–H groups in total. The standard InChI is InChI=1S/C19H24N2O5S2/c1-26-16-8-6-15(7-9-16)19-5-3-2-4-14-21(19)28(24,25)18-12-10-17(11-13-18)27(20,22)23/h6-13,19H,2-5,14H2,1H3,(H2,20,22,23). The van der Waals surface area contributed by atoms with Gasteiger partial charge in [0.1, 0.15) is 5.75 Å². The highest BCUT2D eigenvalue weighted by atomic mass is 32.2. The number of ether oxygens (including phenoxy) is 1. The van der Waals surface area contributed by atoms with Crippen molar-refractivity contribution in [3.05, 3.63) is 54.1 Å². The maximum atomic E-state index is 13.3. The van der Waals surface area contributed by atoms with Crippen LogP contribution in [0.15, 0.2) is 58.3 Å². The van der Waals surface area contributed by atoms with E-state index in [0.29, 0.717) is 12.3 Å². The third-order valence-corrected chi connectivity index (χ3v) is 7.81. The van der Waals surface area contributed by atoms with Gasteiger partial charge in [0.25, 0.3) is 0 Å². The van der Waals surface area contributed by atoms with Gasteiger partial charge in [0, 0.05) is 6.54 Å². The fraction of sp³-hybridized carbons (Fsp3) is 0.368. The van der Waals surface area contributed by atoms with Crippen LogP contribution in [-0.4, -0.2) is 34.8 Å². The second-order valence-electron chi connectivity index (χ2n) is 6.77. The lowest BCUT2D eigenvalue weighted by Gasteiger charge is -2.29. The van der Waals surface area contributed by atoms with E-state index in [-0.39, 0.29) is 15.8 Å². The molecule has 0 aromatic heterocycles. The number of methoxy groups -OCH3 is 1. The Morgan fingerprint density at radius 2 is 1.50 bits per heavy atom. The predicted molar refractivity (Wildman–Crippen MR) is 106 cm³/mol. The minimum absolute atomic E-state index is 0.0558. The van der Waals surface area contributed by atoms with Gasteiger partial charge in [0.2, 0.25) is 20.0 Å². The zero-order valence-corrected chi connectivity index (χ0v) is 17.2. The topological polar surface area (TPSA) is 107 Å². The van der Waals surface area contributed by atoms with Crippen molar-refractivity contribution in [1.29, 1.82) is 0 Å². The Morgan fingerprint density at radius 3 is 2.07 bits per heavy atom. The summed E-state index contributed by atoms with van der Waals surface area (Å²) in [4.78, 5) is -0.0608. The van der Waals surface area contributed by atoms with Gasteiger partial charge in [-0.2, -0.15) is 4.31 Å². The lowest BCUT2D eigenvalue weighted by atomic mass is 10.0. The van der Waals surface area contributed by atoms with Crippen LogP contribution in [0.25, 0.3) is 0 Å². The molecule has 1 unspecified atom stereocenters. The van der Waals surface area contributed by atoms with E-state index >= 15 is 0 Å². The smallest absolute Gasteiger partial charge is 0.243 e. The van der Waals surface area contributed by atoms with E-state index in [0.717, 1.165) is 31.2 Å². The minimum Gasteiger partial charge on any atom is -0.497 e. The molecule has 7 nitrogen and oxygen atoms in total. The molecule has 0 radical (unpaired) electrons. The van der Waals surface area contributed by atoms with Crippen molar-refractivity contribution in [1.82, 2.24) is 4.31 Å². The van der Waals surface area contributed by atoms with Crippen LogP contribution in [0.1, 0.15) is 37.3 Å². The number of primary sulfonamides is 1. The summed E-state index contributed by atoms with van der Waals surface area (Å²) in [6.45, 7) is 0.413. The second-order valence-corrected chi connectivity index (χ2v) is 10.2. The summed E-state index contributed by atoms with van der Waals surface area (Å²) in [6.07, 6.45) is 3.40. The molecule has 0 bridgehead atoms. The average Bonchev–Trinajstić information content (AvgIpc) is 2.94. The van der Waals surface area contributed by atoms with E-state index in [2.05, 4.69) is 0 Å². The summed E-state index contributed by atoms with van der Waals surface area (Å²) in [6, 6.07) is 12.2. The Labute approximate surface area is 166 Å². The molecule has 1 heterocycles. The highest BCUT2D eigenvalue weighted by Gasteiger charge is 2.33. The summed E-state index contributed by atoms with van der Waals surface area (Å²) < 4.78 is 56.2. The van der Waals surface area contributed by atoms with E-state index in [1.807, 2.05) is 24.3 Å². The molecule has 28 heavy (non-hydrogen) atoms. The van der Waals surface area contributed by atoms with Gasteiger partial charge in [0.15, 0.2) is 0 Å². The molecule has 152 valence electrons. The maximum absolute atomic E-state index is 13.3. The summed E-state index contributed by atoms with van der Waals surface area (Å²) >= 11 is 0. The molecule has 0 aliphatic carbocycles. The van der Waals surface area contributed by atoms with Crippen molar-refractivity contribution in [2.24, 2.45) is 5.14 Å². The third-order valence-electron chi connectivity index (χ3n) is 4.96. The average molecular weight is 425 g/mol. The number of benzene rings is 2. The molecule has 2 aromatic carbocycles. The predicted octanol–water partition coefficient (Wildman–Crippen LogP) is 2.65. The molecule has 1 saturated heterocycles. The lowest BCUT2D eigenvalue weighted by Crippen LogP contribution is -2.34. The first-order valence-corrected chi connectivity index (χ1v) is 12.0. The summed E-state index contributed by atoms with van der Waals surface area (Å²) in [5.41, 5.74) is 0.910. The fourth-order valence-corrected chi connectivity index (χ4v) is 5.66. The lowest BCUT2D eigenvalue weighted by molar-refractivity contribution is 0.328. The highest BCUT2D eigenvalue weighted by Crippen LogP contribution is 2.35. The van der Waals surface area contributed by atoms with E-state index in [4.69, 9.17) is 9.88 Å². The van der Waals surface area contributed by atoms with Crippen LogP contribution < -0.4 is 9.88 Å². The van der Waals surface area contributed by atoms with Crippen LogP contribution in [0.5, 0.6) is 5.75 Å².